The molecular weight excluding hydrogens is 328 g/mol. The van der Waals surface area contributed by atoms with Gasteiger partial charge in [0.1, 0.15) is 18.8 Å². The summed E-state index contributed by atoms with van der Waals surface area (Å²) in [5, 5.41) is 10.5. The Bertz CT molecular complexity index is 572. The summed E-state index contributed by atoms with van der Waals surface area (Å²) in [6, 6.07) is 0. The number of carbonyl (C=O) groups excluding carboxylic acids is 4. The number of hydrogen-bond donors (Lipinski definition) is 1. The molecule has 10 heteroatoms. The fourth-order valence-corrected chi connectivity index (χ4v) is 2.00. The first-order chi connectivity index (χ1) is 13.3. The van der Waals surface area contributed by atoms with Gasteiger partial charge < -0.3 is 28.8 Å². The minimum atomic E-state index is -1.83. The molecule has 1 fully saturated rings. The van der Waals surface area contributed by atoms with Gasteiger partial charge in [-0.25, -0.2) is 0 Å². The molecule has 0 aliphatic carbocycles. The second-order valence-corrected chi connectivity index (χ2v) is 4.62. The molecule has 1 aliphatic rings. The molecule has 1 rings (SSSR count). The summed E-state index contributed by atoms with van der Waals surface area (Å²) < 4.78 is 52.5. The van der Waals surface area contributed by atoms with Crippen LogP contribution in [-0.2, 0) is 42.9 Å². The van der Waals surface area contributed by atoms with Crippen LogP contribution in [0.2, 0.25) is 0 Å². The second kappa shape index (κ2) is 8.60. The lowest BCUT2D eigenvalue weighted by molar-refractivity contribution is -0.298. The molecule has 0 aromatic rings. The molecule has 24 heavy (non-hydrogen) atoms. The highest BCUT2D eigenvalue weighted by Crippen LogP contribution is 2.27. The predicted octanol–water partition coefficient (Wildman–Crippen LogP) is -0.938. The van der Waals surface area contributed by atoms with Gasteiger partial charge in [-0.1, -0.05) is 0 Å². The Balaban J connectivity index is 3.11. The van der Waals surface area contributed by atoms with E-state index in [1.165, 1.54) is 0 Å². The fourth-order valence-electron chi connectivity index (χ4n) is 2.00. The van der Waals surface area contributed by atoms with Crippen molar-refractivity contribution in [3.8, 4) is 0 Å². The molecule has 0 amide bonds. The molecule has 1 unspecified atom stereocenters. The maximum Gasteiger partial charge on any atom is 0.305 e. The van der Waals surface area contributed by atoms with E-state index in [4.69, 9.17) is 29.2 Å². The van der Waals surface area contributed by atoms with Crippen LogP contribution in [0.25, 0.3) is 0 Å². The minimum Gasteiger partial charge on any atom is -0.463 e. The van der Waals surface area contributed by atoms with Crippen molar-refractivity contribution >= 4 is 23.9 Å². The fraction of sp³-hybridized carbons (Fsp3) is 0.714. The predicted molar refractivity (Wildman–Crippen MR) is 74.2 cm³/mol. The van der Waals surface area contributed by atoms with E-state index in [1.807, 2.05) is 0 Å². The number of carbonyl (C=O) groups is 4. The van der Waals surface area contributed by atoms with E-state index in [1.54, 1.807) is 0 Å². The molecule has 1 heterocycles. The average molecular weight is 352 g/mol. The molecule has 0 aromatic heterocycles. The second-order valence-electron chi connectivity index (χ2n) is 4.62. The first-order valence-electron chi connectivity index (χ1n) is 9.34. The van der Waals surface area contributed by atoms with Crippen molar-refractivity contribution in [2.24, 2.45) is 0 Å². The number of aliphatic hydroxyl groups is 1. The van der Waals surface area contributed by atoms with Gasteiger partial charge in [-0.05, 0) is 0 Å². The number of hydrogen-bond acceptors (Lipinski definition) is 10. The molecule has 5 atom stereocenters. The summed E-state index contributed by atoms with van der Waals surface area (Å²) in [7, 11) is 0. The normalized spacial score (nSPS) is 31.5. The van der Waals surface area contributed by atoms with Gasteiger partial charge in [-0.2, -0.15) is 0 Å². The largest absolute Gasteiger partial charge is 0.463 e. The summed E-state index contributed by atoms with van der Waals surface area (Å²) in [6.45, 7) is -3.78. The Morgan fingerprint density at radius 3 is 2.04 bits per heavy atom. The lowest BCUT2D eigenvalue weighted by Crippen LogP contribution is -2.62. The standard InChI is InChI=1S/C14H20O10/c1-6(15)20-5-10-12(21-7(2)16)11(19)13(22-8(3)17)14(24-10)23-9(4)18/h10-14,19H,5H2,1-4H3/t10-,11+,12-,13+,14?/m1/s1/i1D,2D,3D,4D. The minimum absolute atomic E-state index is 0.612. The van der Waals surface area contributed by atoms with E-state index in [0.717, 1.165) is 0 Å². The van der Waals surface area contributed by atoms with Gasteiger partial charge in [-0.15, -0.1) is 0 Å². The first-order valence-corrected chi connectivity index (χ1v) is 6.51. The highest BCUT2D eigenvalue weighted by atomic mass is 16.7. The maximum atomic E-state index is 11.5. The zero-order valence-corrected chi connectivity index (χ0v) is 12.5. The SMILES string of the molecule is [2H]CC(=O)OC[C@H]1OC(OC(=O)C[2H])[C@@H](OC(=O)C[2H])[C@@H](O)[C@@H]1OC(=O)C[2H]. The third-order valence-corrected chi connectivity index (χ3v) is 2.81. The van der Waals surface area contributed by atoms with E-state index >= 15 is 0 Å². The van der Waals surface area contributed by atoms with Crippen LogP contribution in [0.1, 0.15) is 33.1 Å². The maximum absolute atomic E-state index is 11.5. The van der Waals surface area contributed by atoms with Crippen LogP contribution in [-0.4, -0.2) is 66.3 Å². The van der Waals surface area contributed by atoms with E-state index in [2.05, 4.69) is 0 Å². The van der Waals surface area contributed by atoms with E-state index in [9.17, 15) is 24.3 Å². The van der Waals surface area contributed by atoms with Gasteiger partial charge in [0.05, 0.1) is 0 Å². The molecular formula is C14H20O10. The van der Waals surface area contributed by atoms with E-state index in [0.29, 0.717) is 0 Å². The van der Waals surface area contributed by atoms with Gasteiger partial charge in [0.2, 0.25) is 6.29 Å². The molecule has 0 radical (unpaired) electrons. The van der Waals surface area contributed by atoms with E-state index < -0.39 is 88.8 Å². The molecule has 136 valence electrons. The van der Waals surface area contributed by atoms with Crippen molar-refractivity contribution in [2.75, 3.05) is 6.61 Å². The van der Waals surface area contributed by atoms with Gasteiger partial charge in [0.15, 0.2) is 12.2 Å². The third-order valence-electron chi connectivity index (χ3n) is 2.81. The lowest BCUT2D eigenvalue weighted by atomic mass is 9.98. The zero-order valence-electron chi connectivity index (χ0n) is 16.5. The highest BCUT2D eigenvalue weighted by molar-refractivity contribution is 5.68. The molecule has 0 saturated carbocycles. The molecule has 0 bridgehead atoms. The van der Waals surface area contributed by atoms with Crippen LogP contribution in [0.15, 0.2) is 0 Å². The first kappa shape index (κ1) is 14.2. The van der Waals surface area contributed by atoms with Crippen LogP contribution in [0.3, 0.4) is 0 Å². The monoisotopic (exact) mass is 352 g/mol. The van der Waals surface area contributed by atoms with Gasteiger partial charge in [0.25, 0.3) is 0 Å². The zero-order chi connectivity index (χ0) is 21.3. The third kappa shape index (κ3) is 5.78. The average Bonchev–Trinajstić information content (AvgIpc) is 2.70. The molecule has 0 spiro atoms. The van der Waals surface area contributed by atoms with E-state index in [-0.39, 0.29) is 0 Å². The molecule has 10 nitrogen and oxygen atoms in total. The quantitative estimate of drug-likeness (QED) is 0.488. The number of esters is 4. The Hall–Kier alpha value is -2.20. The Morgan fingerprint density at radius 2 is 1.46 bits per heavy atom. The summed E-state index contributed by atoms with van der Waals surface area (Å²) in [6.07, 6.45) is -8.25. The van der Waals surface area contributed by atoms with Crippen molar-refractivity contribution < 1.29 is 53.5 Å². The van der Waals surface area contributed by atoms with Crippen LogP contribution in [0.5, 0.6) is 0 Å². The number of ether oxygens (including phenoxy) is 5. The lowest BCUT2D eigenvalue weighted by Gasteiger charge is -2.42. The van der Waals surface area contributed by atoms with Gasteiger partial charge >= 0.3 is 23.9 Å². The topological polar surface area (TPSA) is 135 Å². The van der Waals surface area contributed by atoms with Crippen LogP contribution in [0.4, 0.5) is 0 Å². The van der Waals surface area contributed by atoms with Crippen molar-refractivity contribution in [3.05, 3.63) is 0 Å². The van der Waals surface area contributed by atoms with Crippen LogP contribution in [0, 0.1) is 0 Å². The molecule has 1 N–H and O–H groups in total. The highest BCUT2D eigenvalue weighted by Gasteiger charge is 2.50. The Labute approximate surface area is 143 Å². The Morgan fingerprint density at radius 1 is 0.917 bits per heavy atom. The summed E-state index contributed by atoms with van der Waals surface area (Å²) in [4.78, 5) is 45.6. The number of rotatable bonds is 5. The molecule has 0 aromatic carbocycles. The number of aliphatic hydroxyl groups excluding tert-OH is 1. The summed E-state index contributed by atoms with van der Waals surface area (Å²) in [5.41, 5.74) is 0. The summed E-state index contributed by atoms with van der Waals surface area (Å²) >= 11 is 0. The van der Waals surface area contributed by atoms with Crippen molar-refractivity contribution in [1.82, 2.24) is 0 Å². The van der Waals surface area contributed by atoms with Crippen molar-refractivity contribution in [2.45, 2.75) is 58.3 Å². The van der Waals surface area contributed by atoms with Crippen LogP contribution >= 0.6 is 0 Å². The molecule has 1 saturated heterocycles. The molecule has 1 aliphatic heterocycles. The van der Waals surface area contributed by atoms with Crippen LogP contribution < -0.4 is 0 Å². The summed E-state index contributed by atoms with van der Waals surface area (Å²) in [5.74, 6) is -4.22. The van der Waals surface area contributed by atoms with Gasteiger partial charge in [-0.3, -0.25) is 19.2 Å². The van der Waals surface area contributed by atoms with Gasteiger partial charge in [0, 0.05) is 33.1 Å². The van der Waals surface area contributed by atoms with Crippen molar-refractivity contribution in [3.63, 3.8) is 0 Å². The smallest absolute Gasteiger partial charge is 0.305 e. The Kier molecular flexibility index (Phi) is 5.07. The van der Waals surface area contributed by atoms with Crippen molar-refractivity contribution in [1.29, 1.82) is 0 Å².